The molecule has 0 radical (unpaired) electrons. The van der Waals surface area contributed by atoms with E-state index in [2.05, 4.69) is 62.3 Å². The first-order valence-electron chi connectivity index (χ1n) is 14.8. The summed E-state index contributed by atoms with van der Waals surface area (Å²) in [6.07, 6.45) is 1.37. The van der Waals surface area contributed by atoms with Gasteiger partial charge >= 0.3 is 5.91 Å². The first kappa shape index (κ1) is 34.3. The quantitative estimate of drug-likeness (QED) is 0.0935. The Morgan fingerprint density at radius 1 is 0.979 bits per heavy atom. The molecule has 0 saturated heterocycles. The van der Waals surface area contributed by atoms with Gasteiger partial charge in [0.2, 0.25) is 0 Å². The monoisotopic (exact) mass is 736 g/mol. The highest BCUT2D eigenvalue weighted by Crippen LogP contribution is 2.42. The summed E-state index contributed by atoms with van der Waals surface area (Å²) in [5, 5.41) is 6.77. The number of amides is 2. The Morgan fingerprint density at radius 3 is 2.38 bits per heavy atom. The number of rotatable bonds is 13. The van der Waals surface area contributed by atoms with Crippen molar-refractivity contribution in [2.75, 3.05) is 18.5 Å². The zero-order valence-corrected chi connectivity index (χ0v) is 28.5. The van der Waals surface area contributed by atoms with E-state index in [9.17, 15) is 14.0 Å². The van der Waals surface area contributed by atoms with Gasteiger partial charge in [-0.15, -0.1) is 0 Å². The van der Waals surface area contributed by atoms with Crippen molar-refractivity contribution in [2.24, 2.45) is 5.10 Å². The number of carbonyl (C=O) groups is 2. The van der Waals surface area contributed by atoms with E-state index in [1.807, 2.05) is 24.3 Å². The maximum absolute atomic E-state index is 13.1. The minimum absolute atomic E-state index is 0.0504. The van der Waals surface area contributed by atoms with Crippen LogP contribution in [-0.2, 0) is 11.4 Å². The minimum atomic E-state index is -0.571. The van der Waals surface area contributed by atoms with Crippen LogP contribution in [0.5, 0.6) is 17.2 Å². The van der Waals surface area contributed by atoms with Crippen LogP contribution in [0.4, 0.5) is 10.1 Å². The second-order valence-electron chi connectivity index (χ2n) is 10.4. The molecule has 5 aromatic rings. The van der Waals surface area contributed by atoms with Crippen LogP contribution < -0.4 is 25.0 Å². The topological polar surface area (TPSA) is 116 Å². The number of aromatic nitrogens is 1. The van der Waals surface area contributed by atoms with E-state index < -0.39 is 17.6 Å². The number of ether oxygens (including phenoxy) is 3. The number of furan rings is 1. The number of hydrogen-bond acceptors (Lipinski definition) is 7. The lowest BCUT2D eigenvalue weighted by Gasteiger charge is -2.16. The largest absolute Gasteiger partial charge is 0.490 e. The Hall–Kier alpha value is -5.07. The number of halogens is 3. The van der Waals surface area contributed by atoms with Gasteiger partial charge in [0.1, 0.15) is 29.0 Å². The summed E-state index contributed by atoms with van der Waals surface area (Å²) >= 11 is 9.97. The number of nitrogens with zero attached hydrogens (tertiary/aromatic N) is 2. The normalized spacial score (nSPS) is 11.0. The lowest BCUT2D eigenvalue weighted by molar-refractivity contribution is -0.118. The smallest absolute Gasteiger partial charge is 0.307 e. The maximum atomic E-state index is 13.1. The molecule has 0 aliphatic heterocycles. The average Bonchev–Trinajstić information content (AvgIpc) is 3.69. The summed E-state index contributed by atoms with van der Waals surface area (Å²) in [5.74, 6) is 0.0920. The van der Waals surface area contributed by atoms with Gasteiger partial charge in [0, 0.05) is 32.8 Å². The number of aryl methyl sites for hydroxylation is 2. The Bertz CT molecular complexity index is 1920. The number of hydrogen-bond donors (Lipinski definition) is 2. The van der Waals surface area contributed by atoms with Crippen molar-refractivity contribution in [3.63, 3.8) is 0 Å². The average molecular weight is 738 g/mol. The fourth-order valence-electron chi connectivity index (χ4n) is 4.68. The molecule has 5 rings (SSSR count). The fraction of sp³-hybridized carbons (Fsp3) is 0.171. The summed E-state index contributed by atoms with van der Waals surface area (Å²) in [6, 6.07) is 22.0. The molecular weight excluding hydrogens is 707 g/mol. The number of benzene rings is 3. The molecule has 0 saturated carbocycles. The number of carbonyl (C=O) groups excluding carboxylic acids is 2. The highest BCUT2D eigenvalue weighted by molar-refractivity contribution is 9.10. The molecule has 0 atom stereocenters. The SMILES string of the molecule is CCOc1cc(/C=N/NC(=O)c2ccc(COc3ccc(-n4c(C)ccc4C)cc3)o2)c(Br)c(Cl)c1OCC(=O)Nc1ccc(F)cc1. The predicted octanol–water partition coefficient (Wildman–Crippen LogP) is 8.00. The summed E-state index contributed by atoms with van der Waals surface area (Å²) in [5.41, 5.74) is 6.63. The first-order chi connectivity index (χ1) is 23.1. The van der Waals surface area contributed by atoms with Crippen LogP contribution in [0.3, 0.4) is 0 Å². The van der Waals surface area contributed by atoms with Crippen LogP contribution in [-0.4, -0.2) is 35.8 Å². The van der Waals surface area contributed by atoms with Gasteiger partial charge in [0.25, 0.3) is 5.91 Å². The summed E-state index contributed by atoms with van der Waals surface area (Å²) in [4.78, 5) is 25.1. The molecule has 13 heteroatoms. The number of nitrogens with one attached hydrogen (secondary N) is 2. The van der Waals surface area contributed by atoms with Crippen molar-refractivity contribution in [1.82, 2.24) is 9.99 Å². The van der Waals surface area contributed by atoms with Crippen molar-refractivity contribution in [1.29, 1.82) is 0 Å². The van der Waals surface area contributed by atoms with Gasteiger partial charge in [-0.05, 0) is 116 Å². The maximum Gasteiger partial charge on any atom is 0.307 e. The second-order valence-corrected chi connectivity index (χ2v) is 11.6. The van der Waals surface area contributed by atoms with Crippen LogP contribution in [0.25, 0.3) is 5.69 Å². The summed E-state index contributed by atoms with van der Waals surface area (Å²) in [7, 11) is 0. The summed E-state index contributed by atoms with van der Waals surface area (Å²) in [6.45, 7) is 5.92. The van der Waals surface area contributed by atoms with Gasteiger partial charge in [-0.1, -0.05) is 11.6 Å². The van der Waals surface area contributed by atoms with Crippen LogP contribution in [0.15, 0.2) is 92.9 Å². The molecule has 0 aliphatic carbocycles. The van der Waals surface area contributed by atoms with Gasteiger partial charge in [0.05, 0.1) is 12.8 Å². The van der Waals surface area contributed by atoms with E-state index in [0.717, 1.165) is 17.1 Å². The van der Waals surface area contributed by atoms with E-state index in [1.54, 1.807) is 19.1 Å². The van der Waals surface area contributed by atoms with E-state index in [-0.39, 0.29) is 42.1 Å². The molecule has 0 aliphatic rings. The molecule has 0 spiro atoms. The highest BCUT2D eigenvalue weighted by Gasteiger charge is 2.19. The fourth-order valence-corrected chi connectivity index (χ4v) is 5.33. The Balaban J connectivity index is 1.16. The van der Waals surface area contributed by atoms with Gasteiger partial charge < -0.3 is 28.5 Å². The first-order valence-corrected chi connectivity index (χ1v) is 15.9. The molecule has 2 amide bonds. The lowest BCUT2D eigenvalue weighted by atomic mass is 10.2. The number of hydrazone groups is 1. The Morgan fingerprint density at radius 2 is 1.69 bits per heavy atom. The van der Waals surface area contributed by atoms with Gasteiger partial charge in [0.15, 0.2) is 23.9 Å². The van der Waals surface area contributed by atoms with Crippen molar-refractivity contribution in [3.05, 3.63) is 123 Å². The molecule has 2 heterocycles. The summed E-state index contributed by atoms with van der Waals surface area (Å²) < 4.78 is 38.5. The molecule has 3 aromatic carbocycles. The van der Waals surface area contributed by atoms with Crippen LogP contribution in [0.2, 0.25) is 5.02 Å². The van der Waals surface area contributed by atoms with Crippen molar-refractivity contribution in [2.45, 2.75) is 27.4 Å². The molecular formula is C35H31BrClFN4O6. The molecule has 0 unspecified atom stereocenters. The Labute approximate surface area is 289 Å². The lowest BCUT2D eigenvalue weighted by Crippen LogP contribution is -2.20. The predicted molar refractivity (Wildman–Crippen MR) is 184 cm³/mol. The van der Waals surface area contributed by atoms with E-state index in [1.165, 1.54) is 36.5 Å². The molecule has 0 fully saturated rings. The molecule has 248 valence electrons. The third-order valence-corrected chi connectivity index (χ3v) is 8.38. The van der Waals surface area contributed by atoms with Gasteiger partial charge in [-0.25, -0.2) is 9.82 Å². The number of anilines is 1. The molecule has 2 N–H and O–H groups in total. The zero-order chi connectivity index (χ0) is 34.2. The third-order valence-electron chi connectivity index (χ3n) is 6.93. The molecule has 2 aromatic heterocycles. The molecule has 48 heavy (non-hydrogen) atoms. The van der Waals surface area contributed by atoms with Crippen LogP contribution in [0.1, 0.15) is 40.2 Å². The van der Waals surface area contributed by atoms with E-state index in [0.29, 0.717) is 27.2 Å². The van der Waals surface area contributed by atoms with Crippen LogP contribution >= 0.6 is 27.5 Å². The van der Waals surface area contributed by atoms with Gasteiger partial charge in [-0.2, -0.15) is 5.10 Å². The van der Waals surface area contributed by atoms with Crippen LogP contribution in [0, 0.1) is 19.7 Å². The highest BCUT2D eigenvalue weighted by atomic mass is 79.9. The van der Waals surface area contributed by atoms with E-state index in [4.69, 9.17) is 30.2 Å². The second kappa shape index (κ2) is 15.7. The third kappa shape index (κ3) is 8.44. The van der Waals surface area contributed by atoms with Crippen molar-refractivity contribution >= 4 is 51.2 Å². The minimum Gasteiger partial charge on any atom is -0.490 e. The van der Waals surface area contributed by atoms with E-state index >= 15 is 0 Å². The molecule has 10 nitrogen and oxygen atoms in total. The molecule has 0 bridgehead atoms. The van der Waals surface area contributed by atoms with Crippen molar-refractivity contribution < 1.29 is 32.6 Å². The zero-order valence-electron chi connectivity index (χ0n) is 26.2. The van der Waals surface area contributed by atoms with Gasteiger partial charge in [-0.3, -0.25) is 9.59 Å². The standard InChI is InChI=1S/C35H31BrClFN4O6/c1-4-45-30-17-23(32(36)33(37)34(30)47-20-31(43)40-25-9-7-24(38)8-10-25)18-39-41-35(44)29-16-15-28(48-29)19-46-27-13-11-26(12-14-27)42-21(2)5-6-22(42)3/h5-18H,4,19-20H2,1-3H3,(H,40,43)(H,41,44)/b39-18+. The van der Waals surface area contributed by atoms with Crippen molar-refractivity contribution in [3.8, 4) is 22.9 Å². The Kier molecular flexibility index (Phi) is 11.2.